The van der Waals surface area contributed by atoms with Crippen LogP contribution in [0.15, 0.2) is 29.1 Å². The van der Waals surface area contributed by atoms with E-state index < -0.39 is 0 Å². The van der Waals surface area contributed by atoms with Gasteiger partial charge in [-0.2, -0.15) is 0 Å². The van der Waals surface area contributed by atoms with Crippen molar-refractivity contribution >= 4 is 16.3 Å². The zero-order valence-corrected chi connectivity index (χ0v) is 9.94. The van der Waals surface area contributed by atoms with Gasteiger partial charge in [-0.1, -0.05) is 12.1 Å². The maximum Gasteiger partial charge on any atom is 0.259 e. The summed E-state index contributed by atoms with van der Waals surface area (Å²) >= 11 is 0. The van der Waals surface area contributed by atoms with Crippen molar-refractivity contribution in [1.29, 1.82) is 0 Å². The van der Waals surface area contributed by atoms with Gasteiger partial charge in [-0.15, -0.1) is 0 Å². The van der Waals surface area contributed by atoms with Gasteiger partial charge in [-0.05, 0) is 37.3 Å². The van der Waals surface area contributed by atoms with Crippen LogP contribution in [-0.2, 0) is 12.8 Å². The standard InChI is InChI=1S/C15H13NO2/c17-13-8-14(18)16-12-7-2-1-4-9(12)10-5-3-6-11(13)15(10)16/h3,5-6,8,17H,1-2,4,7H2. The number of aromatic nitrogens is 1. The molecular weight excluding hydrogens is 226 g/mol. The second-order valence-electron chi connectivity index (χ2n) is 5.04. The van der Waals surface area contributed by atoms with Gasteiger partial charge in [0.05, 0.1) is 5.52 Å². The van der Waals surface area contributed by atoms with Crippen LogP contribution in [0, 0.1) is 0 Å². The molecule has 0 aliphatic heterocycles. The van der Waals surface area contributed by atoms with Crippen LogP contribution >= 0.6 is 0 Å². The van der Waals surface area contributed by atoms with Gasteiger partial charge in [0.25, 0.3) is 5.56 Å². The highest BCUT2D eigenvalue weighted by Gasteiger charge is 2.21. The Bertz CT molecular complexity index is 816. The maximum atomic E-state index is 12.1. The van der Waals surface area contributed by atoms with Gasteiger partial charge in [0.1, 0.15) is 5.75 Å². The third-order valence-corrected chi connectivity index (χ3v) is 4.05. The first-order valence-corrected chi connectivity index (χ1v) is 6.38. The summed E-state index contributed by atoms with van der Waals surface area (Å²) in [6, 6.07) is 7.22. The zero-order chi connectivity index (χ0) is 12.3. The largest absolute Gasteiger partial charge is 0.507 e. The fourth-order valence-electron chi connectivity index (χ4n) is 3.30. The van der Waals surface area contributed by atoms with Gasteiger partial charge in [0.15, 0.2) is 0 Å². The molecule has 0 atom stereocenters. The minimum absolute atomic E-state index is 0.0907. The smallest absolute Gasteiger partial charge is 0.259 e. The molecule has 0 saturated carbocycles. The fraction of sp³-hybridized carbons (Fsp3) is 0.267. The molecule has 3 heteroatoms. The lowest BCUT2D eigenvalue weighted by Gasteiger charge is -2.11. The molecule has 90 valence electrons. The molecule has 0 amide bonds. The predicted octanol–water partition coefficient (Wildman–Crippen LogP) is 2.47. The number of para-hydroxylation sites is 1. The predicted molar refractivity (Wildman–Crippen MR) is 70.7 cm³/mol. The summed E-state index contributed by atoms with van der Waals surface area (Å²) in [4.78, 5) is 12.1. The molecule has 0 bridgehead atoms. The monoisotopic (exact) mass is 239 g/mol. The van der Waals surface area contributed by atoms with E-state index in [1.807, 2.05) is 12.1 Å². The van der Waals surface area contributed by atoms with Gasteiger partial charge < -0.3 is 5.11 Å². The SMILES string of the molecule is O=c1cc(O)c2cccc3c4c(n1c23)CCCC4. The second kappa shape index (κ2) is 3.25. The Morgan fingerprint density at radius 1 is 1.11 bits per heavy atom. The van der Waals surface area contributed by atoms with Crippen LogP contribution < -0.4 is 5.56 Å². The Hall–Kier alpha value is -2.03. The first-order chi connectivity index (χ1) is 8.77. The number of benzene rings is 1. The summed E-state index contributed by atoms with van der Waals surface area (Å²) in [5, 5.41) is 11.8. The van der Waals surface area contributed by atoms with E-state index >= 15 is 0 Å². The molecule has 0 unspecified atom stereocenters. The molecule has 0 radical (unpaired) electrons. The van der Waals surface area contributed by atoms with Gasteiger partial charge in [0, 0.05) is 22.5 Å². The lowest BCUT2D eigenvalue weighted by atomic mass is 9.95. The first kappa shape index (κ1) is 9.95. The number of aromatic hydroxyl groups is 1. The van der Waals surface area contributed by atoms with Crippen molar-refractivity contribution in [3.63, 3.8) is 0 Å². The average Bonchev–Trinajstić information content (AvgIpc) is 2.72. The molecule has 1 aromatic carbocycles. The number of hydrogen-bond acceptors (Lipinski definition) is 2. The van der Waals surface area contributed by atoms with Crippen molar-refractivity contribution < 1.29 is 5.11 Å². The molecule has 1 aliphatic carbocycles. The Labute approximate surface area is 104 Å². The average molecular weight is 239 g/mol. The summed E-state index contributed by atoms with van der Waals surface area (Å²) in [5.41, 5.74) is 3.24. The molecule has 0 saturated heterocycles. The fourth-order valence-corrected chi connectivity index (χ4v) is 3.30. The van der Waals surface area contributed by atoms with Gasteiger partial charge in [0.2, 0.25) is 0 Å². The van der Waals surface area contributed by atoms with Crippen molar-refractivity contribution in [2.24, 2.45) is 0 Å². The Kier molecular flexibility index (Phi) is 1.80. The molecule has 0 spiro atoms. The molecule has 2 aromatic heterocycles. The van der Waals surface area contributed by atoms with Crippen molar-refractivity contribution in [1.82, 2.24) is 4.40 Å². The Morgan fingerprint density at radius 2 is 1.89 bits per heavy atom. The highest BCUT2D eigenvalue weighted by molar-refractivity contribution is 6.01. The summed E-state index contributed by atoms with van der Waals surface area (Å²) in [6.45, 7) is 0. The highest BCUT2D eigenvalue weighted by Crippen LogP contribution is 2.35. The molecule has 3 nitrogen and oxygen atoms in total. The van der Waals surface area contributed by atoms with E-state index in [9.17, 15) is 9.90 Å². The molecule has 18 heavy (non-hydrogen) atoms. The number of hydrogen-bond donors (Lipinski definition) is 1. The maximum absolute atomic E-state index is 12.1. The highest BCUT2D eigenvalue weighted by atomic mass is 16.3. The second-order valence-corrected chi connectivity index (χ2v) is 5.04. The molecule has 1 aliphatic rings. The van der Waals surface area contributed by atoms with Crippen LogP contribution in [0.25, 0.3) is 16.3 Å². The minimum Gasteiger partial charge on any atom is -0.507 e. The van der Waals surface area contributed by atoms with Crippen LogP contribution in [0.3, 0.4) is 0 Å². The summed E-state index contributed by atoms with van der Waals surface area (Å²) in [5.74, 6) is 0.0907. The van der Waals surface area contributed by atoms with Crippen molar-refractivity contribution in [2.45, 2.75) is 25.7 Å². The minimum atomic E-state index is -0.112. The normalized spacial score (nSPS) is 15.3. The number of fused-ring (bicyclic) bond motifs is 3. The third kappa shape index (κ3) is 1.07. The lowest BCUT2D eigenvalue weighted by molar-refractivity contribution is 0.480. The van der Waals surface area contributed by atoms with E-state index in [2.05, 4.69) is 6.07 Å². The Balaban J connectivity index is 2.36. The van der Waals surface area contributed by atoms with Crippen LogP contribution in [-0.4, -0.2) is 9.51 Å². The molecule has 0 fully saturated rings. The van der Waals surface area contributed by atoms with Crippen molar-refractivity contribution in [3.05, 3.63) is 45.9 Å². The number of rotatable bonds is 0. The van der Waals surface area contributed by atoms with E-state index in [-0.39, 0.29) is 11.3 Å². The third-order valence-electron chi connectivity index (χ3n) is 4.05. The lowest BCUT2D eigenvalue weighted by Crippen LogP contribution is -2.15. The zero-order valence-electron chi connectivity index (χ0n) is 9.94. The van der Waals surface area contributed by atoms with Gasteiger partial charge in [-0.3, -0.25) is 9.20 Å². The van der Waals surface area contributed by atoms with Crippen molar-refractivity contribution in [2.75, 3.05) is 0 Å². The van der Waals surface area contributed by atoms with Crippen molar-refractivity contribution in [3.8, 4) is 5.75 Å². The van der Waals surface area contributed by atoms with Crippen LogP contribution in [0.2, 0.25) is 0 Å². The number of pyridine rings is 1. The molecule has 2 heterocycles. The number of aryl methyl sites for hydroxylation is 2. The van der Waals surface area contributed by atoms with E-state index in [0.717, 1.165) is 41.2 Å². The molecule has 4 rings (SSSR count). The van der Waals surface area contributed by atoms with Crippen LogP contribution in [0.4, 0.5) is 0 Å². The molecular formula is C15H13NO2. The topological polar surface area (TPSA) is 41.7 Å². The van der Waals surface area contributed by atoms with Crippen LogP contribution in [0.1, 0.15) is 24.1 Å². The first-order valence-electron chi connectivity index (χ1n) is 6.38. The summed E-state index contributed by atoms with van der Waals surface area (Å²) in [7, 11) is 0. The number of nitrogens with zero attached hydrogens (tertiary/aromatic N) is 1. The van der Waals surface area contributed by atoms with E-state index in [4.69, 9.17) is 0 Å². The summed E-state index contributed by atoms with van der Waals surface area (Å²) < 4.78 is 1.80. The van der Waals surface area contributed by atoms with E-state index in [0.29, 0.717) is 0 Å². The van der Waals surface area contributed by atoms with Crippen LogP contribution in [0.5, 0.6) is 5.75 Å². The van der Waals surface area contributed by atoms with Gasteiger partial charge >= 0.3 is 0 Å². The molecule has 1 N–H and O–H groups in total. The van der Waals surface area contributed by atoms with E-state index in [1.54, 1.807) is 4.40 Å². The Morgan fingerprint density at radius 3 is 2.78 bits per heavy atom. The molecule has 3 aromatic rings. The van der Waals surface area contributed by atoms with Gasteiger partial charge in [-0.25, -0.2) is 0 Å². The quantitative estimate of drug-likeness (QED) is 0.654. The summed E-state index contributed by atoms with van der Waals surface area (Å²) in [6.07, 6.45) is 4.33. The van der Waals surface area contributed by atoms with E-state index in [1.165, 1.54) is 18.1 Å².